The molecule has 16 heavy (non-hydrogen) atoms. The van der Waals surface area contributed by atoms with Crippen LogP contribution in [-0.4, -0.2) is 24.9 Å². The van der Waals surface area contributed by atoms with Crippen molar-refractivity contribution in [2.24, 2.45) is 5.92 Å². The third-order valence-corrected chi connectivity index (χ3v) is 3.76. The van der Waals surface area contributed by atoms with E-state index < -0.39 is 0 Å². The fraction of sp³-hybridized carbons (Fsp3) is 1.00. The van der Waals surface area contributed by atoms with Crippen LogP contribution in [0.15, 0.2) is 0 Å². The van der Waals surface area contributed by atoms with Gasteiger partial charge in [0.2, 0.25) is 0 Å². The van der Waals surface area contributed by atoms with Gasteiger partial charge in [-0.3, -0.25) is 4.84 Å². The Kier molecular flexibility index (Phi) is 4.62. The van der Waals surface area contributed by atoms with Gasteiger partial charge in [-0.05, 0) is 31.6 Å². The zero-order valence-electron chi connectivity index (χ0n) is 10.6. The Balaban J connectivity index is 1.68. The van der Waals surface area contributed by atoms with E-state index in [9.17, 15) is 0 Å². The van der Waals surface area contributed by atoms with Crippen molar-refractivity contribution in [1.29, 1.82) is 0 Å². The van der Waals surface area contributed by atoms with E-state index >= 15 is 0 Å². The van der Waals surface area contributed by atoms with E-state index in [1.165, 1.54) is 25.7 Å². The van der Waals surface area contributed by atoms with E-state index in [-0.39, 0.29) is 0 Å². The molecule has 0 spiro atoms. The summed E-state index contributed by atoms with van der Waals surface area (Å²) in [6.07, 6.45) is 8.14. The second-order valence-electron chi connectivity index (χ2n) is 5.52. The molecule has 2 unspecified atom stereocenters. The van der Waals surface area contributed by atoms with Gasteiger partial charge in [0.05, 0.1) is 12.2 Å². The third kappa shape index (κ3) is 3.44. The summed E-state index contributed by atoms with van der Waals surface area (Å²) >= 11 is 0. The molecular weight excluding hydrogens is 202 g/mol. The van der Waals surface area contributed by atoms with Crippen LogP contribution in [0.3, 0.4) is 0 Å². The van der Waals surface area contributed by atoms with Crippen molar-refractivity contribution in [2.75, 3.05) is 6.61 Å². The summed E-state index contributed by atoms with van der Waals surface area (Å²) < 4.78 is 5.75. The standard InChI is InChI=1S/C13H25NO2/c1-10(2)13-9-11(7-8-15-13)14-16-12-5-3-4-6-12/h10-14H,3-9H2,1-2H3. The molecule has 3 nitrogen and oxygen atoms in total. The molecule has 0 amide bonds. The van der Waals surface area contributed by atoms with Gasteiger partial charge >= 0.3 is 0 Å². The molecule has 2 fully saturated rings. The van der Waals surface area contributed by atoms with Crippen LogP contribution in [0.4, 0.5) is 0 Å². The van der Waals surface area contributed by atoms with Crippen molar-refractivity contribution in [3.05, 3.63) is 0 Å². The van der Waals surface area contributed by atoms with Gasteiger partial charge < -0.3 is 4.74 Å². The molecule has 1 saturated heterocycles. The summed E-state index contributed by atoms with van der Waals surface area (Å²) in [5.41, 5.74) is 3.27. The maximum Gasteiger partial charge on any atom is 0.0790 e. The summed E-state index contributed by atoms with van der Waals surface area (Å²) in [4.78, 5) is 5.76. The maximum atomic E-state index is 5.76. The van der Waals surface area contributed by atoms with Gasteiger partial charge in [0.1, 0.15) is 0 Å². The fourth-order valence-electron chi connectivity index (χ4n) is 2.60. The quantitative estimate of drug-likeness (QED) is 0.749. The first kappa shape index (κ1) is 12.3. The Morgan fingerprint density at radius 1 is 1.19 bits per heavy atom. The molecule has 2 rings (SSSR count). The van der Waals surface area contributed by atoms with Crippen LogP contribution in [0, 0.1) is 5.92 Å². The molecule has 1 saturated carbocycles. The first-order valence-electron chi connectivity index (χ1n) is 6.78. The summed E-state index contributed by atoms with van der Waals surface area (Å²) in [7, 11) is 0. The second kappa shape index (κ2) is 5.99. The minimum absolute atomic E-state index is 0.401. The Morgan fingerprint density at radius 2 is 1.94 bits per heavy atom. The molecule has 1 heterocycles. The normalized spacial score (nSPS) is 32.4. The molecule has 0 aromatic carbocycles. The van der Waals surface area contributed by atoms with Crippen molar-refractivity contribution in [3.8, 4) is 0 Å². The Hall–Kier alpha value is -0.120. The fourth-order valence-corrected chi connectivity index (χ4v) is 2.60. The molecule has 1 aliphatic heterocycles. The first-order valence-corrected chi connectivity index (χ1v) is 6.78. The zero-order valence-corrected chi connectivity index (χ0v) is 10.6. The maximum absolute atomic E-state index is 5.76. The largest absolute Gasteiger partial charge is 0.378 e. The highest BCUT2D eigenvalue weighted by atomic mass is 16.7. The first-order chi connectivity index (χ1) is 7.75. The molecule has 2 aliphatic rings. The van der Waals surface area contributed by atoms with Crippen LogP contribution in [0.1, 0.15) is 52.4 Å². The summed E-state index contributed by atoms with van der Waals surface area (Å²) in [6.45, 7) is 5.32. The van der Waals surface area contributed by atoms with Crippen LogP contribution >= 0.6 is 0 Å². The molecule has 2 atom stereocenters. The van der Waals surface area contributed by atoms with Crippen molar-refractivity contribution in [1.82, 2.24) is 5.48 Å². The molecule has 0 aromatic rings. The Labute approximate surface area is 98.8 Å². The van der Waals surface area contributed by atoms with Gasteiger partial charge in [-0.1, -0.05) is 26.7 Å². The highest BCUT2D eigenvalue weighted by Crippen LogP contribution is 2.23. The number of nitrogens with one attached hydrogen (secondary N) is 1. The van der Waals surface area contributed by atoms with Crippen molar-refractivity contribution in [2.45, 2.75) is 70.6 Å². The molecular formula is C13H25NO2. The Morgan fingerprint density at radius 3 is 2.62 bits per heavy atom. The lowest BCUT2D eigenvalue weighted by atomic mass is 9.96. The second-order valence-corrected chi connectivity index (χ2v) is 5.52. The van der Waals surface area contributed by atoms with E-state index in [1.54, 1.807) is 0 Å². The number of ether oxygens (including phenoxy) is 1. The molecule has 1 aliphatic carbocycles. The number of hydrogen-bond acceptors (Lipinski definition) is 3. The minimum Gasteiger partial charge on any atom is -0.378 e. The average Bonchev–Trinajstić information content (AvgIpc) is 2.79. The minimum atomic E-state index is 0.401. The lowest BCUT2D eigenvalue weighted by Gasteiger charge is -2.32. The summed E-state index contributed by atoms with van der Waals surface area (Å²) in [6, 6.07) is 0.488. The molecule has 94 valence electrons. The van der Waals surface area contributed by atoms with Crippen molar-refractivity contribution >= 4 is 0 Å². The molecule has 3 heteroatoms. The highest BCUT2D eigenvalue weighted by molar-refractivity contribution is 4.77. The predicted octanol–water partition coefficient (Wildman–Crippen LogP) is 2.65. The topological polar surface area (TPSA) is 30.5 Å². The average molecular weight is 227 g/mol. The lowest BCUT2D eigenvalue weighted by molar-refractivity contribution is -0.0878. The smallest absolute Gasteiger partial charge is 0.0790 e. The van der Waals surface area contributed by atoms with Crippen LogP contribution in [-0.2, 0) is 9.57 Å². The van der Waals surface area contributed by atoms with E-state index in [0.29, 0.717) is 24.2 Å². The summed E-state index contributed by atoms with van der Waals surface area (Å²) in [5, 5.41) is 0. The van der Waals surface area contributed by atoms with Gasteiger partial charge in [0, 0.05) is 12.6 Å². The van der Waals surface area contributed by atoms with Crippen LogP contribution < -0.4 is 5.48 Å². The van der Waals surface area contributed by atoms with Crippen LogP contribution in [0.2, 0.25) is 0 Å². The van der Waals surface area contributed by atoms with E-state index in [2.05, 4.69) is 19.3 Å². The van der Waals surface area contributed by atoms with Gasteiger partial charge in [-0.25, -0.2) is 0 Å². The number of hydroxylamine groups is 1. The number of rotatable bonds is 4. The van der Waals surface area contributed by atoms with Gasteiger partial charge in [-0.2, -0.15) is 5.48 Å². The van der Waals surface area contributed by atoms with Gasteiger partial charge in [0.15, 0.2) is 0 Å². The molecule has 0 radical (unpaired) electrons. The Bertz CT molecular complexity index is 202. The monoisotopic (exact) mass is 227 g/mol. The van der Waals surface area contributed by atoms with Crippen molar-refractivity contribution in [3.63, 3.8) is 0 Å². The highest BCUT2D eigenvalue weighted by Gasteiger charge is 2.26. The SMILES string of the molecule is CC(C)C1CC(NOC2CCCC2)CCO1. The van der Waals surface area contributed by atoms with Crippen molar-refractivity contribution < 1.29 is 9.57 Å². The zero-order chi connectivity index (χ0) is 11.4. The predicted molar refractivity (Wildman–Crippen MR) is 64.1 cm³/mol. The van der Waals surface area contributed by atoms with Crippen LogP contribution in [0.25, 0.3) is 0 Å². The van der Waals surface area contributed by atoms with Gasteiger partial charge in [-0.15, -0.1) is 0 Å². The molecule has 1 N–H and O–H groups in total. The van der Waals surface area contributed by atoms with Crippen LogP contribution in [0.5, 0.6) is 0 Å². The third-order valence-electron chi connectivity index (χ3n) is 3.76. The van der Waals surface area contributed by atoms with E-state index in [4.69, 9.17) is 9.57 Å². The van der Waals surface area contributed by atoms with Gasteiger partial charge in [0.25, 0.3) is 0 Å². The number of hydrogen-bond donors (Lipinski definition) is 1. The summed E-state index contributed by atoms with van der Waals surface area (Å²) in [5.74, 6) is 0.607. The molecule has 0 aromatic heterocycles. The van der Waals surface area contributed by atoms with E-state index in [1.807, 2.05) is 0 Å². The molecule has 0 bridgehead atoms. The van der Waals surface area contributed by atoms with E-state index in [0.717, 1.165) is 19.4 Å². The lowest BCUT2D eigenvalue weighted by Crippen LogP contribution is -2.42.